The fraction of sp³-hybridized carbons (Fsp3) is 0.600. The molecule has 2 aliphatic carbocycles. The molecule has 2 aromatic rings. The van der Waals surface area contributed by atoms with Crippen LogP contribution in [0.25, 0.3) is 10.8 Å². The number of hydrogen-bond donors (Lipinski definition) is 0. The minimum atomic E-state index is -0.992. The molecule has 0 atom stereocenters. The van der Waals surface area contributed by atoms with Crippen molar-refractivity contribution in [3.05, 3.63) is 47.3 Å². The molecule has 0 aromatic heterocycles. The summed E-state index contributed by atoms with van der Waals surface area (Å²) in [6, 6.07) is 5.50. The Balaban J connectivity index is 1.41. The number of fused-ring (bicyclic) bond motifs is 1. The van der Waals surface area contributed by atoms with Gasteiger partial charge in [0, 0.05) is 5.39 Å². The molecule has 0 saturated heterocycles. The maximum Gasteiger partial charge on any atom is 0.159 e. The molecule has 2 aromatic carbocycles. The van der Waals surface area contributed by atoms with Gasteiger partial charge in [-0.15, -0.1) is 0 Å². The summed E-state index contributed by atoms with van der Waals surface area (Å²) in [6.07, 6.45) is 12.8. The van der Waals surface area contributed by atoms with Crippen LogP contribution in [-0.2, 0) is 0 Å². The summed E-state index contributed by atoms with van der Waals surface area (Å²) in [6.45, 7) is 2.29. The zero-order valence-electron chi connectivity index (χ0n) is 16.8. The summed E-state index contributed by atoms with van der Waals surface area (Å²) in [5.41, 5.74) is 0.945. The van der Waals surface area contributed by atoms with Crippen LogP contribution in [0.15, 0.2) is 24.3 Å². The van der Waals surface area contributed by atoms with Crippen molar-refractivity contribution >= 4 is 10.8 Å². The third-order valence-corrected chi connectivity index (χ3v) is 7.46. The number of benzene rings is 2. The predicted molar refractivity (Wildman–Crippen MR) is 109 cm³/mol. The van der Waals surface area contributed by atoms with Crippen molar-refractivity contribution in [1.29, 1.82) is 0 Å². The molecule has 4 rings (SSSR count). The van der Waals surface area contributed by atoms with Crippen molar-refractivity contribution in [1.82, 2.24) is 0 Å². The molecule has 2 fully saturated rings. The lowest BCUT2D eigenvalue weighted by Crippen LogP contribution is -2.25. The van der Waals surface area contributed by atoms with Crippen molar-refractivity contribution in [2.24, 2.45) is 17.8 Å². The van der Waals surface area contributed by atoms with Gasteiger partial charge in [-0.2, -0.15) is 0 Å². The van der Waals surface area contributed by atoms with E-state index >= 15 is 0 Å². The van der Waals surface area contributed by atoms with Gasteiger partial charge in [0.2, 0.25) is 0 Å². The van der Waals surface area contributed by atoms with Crippen LogP contribution in [0.1, 0.15) is 82.6 Å². The maximum atomic E-state index is 14.5. The van der Waals surface area contributed by atoms with Gasteiger partial charge in [0.15, 0.2) is 11.6 Å². The first-order chi connectivity index (χ1) is 13.5. The summed E-state index contributed by atoms with van der Waals surface area (Å²) >= 11 is 0. The molecule has 0 spiro atoms. The minimum absolute atomic E-state index is 0.167. The van der Waals surface area contributed by atoms with E-state index in [2.05, 4.69) is 6.92 Å². The lowest BCUT2D eigenvalue weighted by Gasteiger charge is -2.38. The van der Waals surface area contributed by atoms with E-state index < -0.39 is 17.5 Å². The molecule has 2 saturated carbocycles. The monoisotopic (exact) mass is 388 g/mol. The number of halogens is 3. The first-order valence-corrected chi connectivity index (χ1v) is 11.1. The van der Waals surface area contributed by atoms with Crippen molar-refractivity contribution in [3.8, 4) is 0 Å². The molecule has 0 N–H and O–H groups in total. The molecule has 0 heterocycles. The van der Waals surface area contributed by atoms with Crippen LogP contribution in [0.2, 0.25) is 0 Å². The first kappa shape index (κ1) is 19.8. The molecular weight excluding hydrogens is 357 g/mol. The fourth-order valence-electron chi connectivity index (χ4n) is 5.85. The first-order valence-electron chi connectivity index (χ1n) is 11.1. The summed E-state index contributed by atoms with van der Waals surface area (Å²) in [5.74, 6) is 0.626. The average molecular weight is 389 g/mol. The van der Waals surface area contributed by atoms with Crippen LogP contribution >= 0.6 is 0 Å². The highest BCUT2D eigenvalue weighted by atomic mass is 19.2. The van der Waals surface area contributed by atoms with E-state index in [1.54, 1.807) is 6.07 Å². The van der Waals surface area contributed by atoms with E-state index in [0.29, 0.717) is 11.3 Å². The highest BCUT2D eigenvalue weighted by Crippen LogP contribution is 2.45. The molecule has 0 bridgehead atoms. The van der Waals surface area contributed by atoms with Crippen molar-refractivity contribution in [3.63, 3.8) is 0 Å². The Morgan fingerprint density at radius 1 is 0.714 bits per heavy atom. The highest BCUT2D eigenvalue weighted by molar-refractivity contribution is 5.84. The Morgan fingerprint density at radius 2 is 1.32 bits per heavy atom. The molecule has 0 radical (unpaired) electrons. The molecule has 3 heteroatoms. The molecule has 0 aliphatic heterocycles. The zero-order chi connectivity index (χ0) is 19.7. The van der Waals surface area contributed by atoms with Gasteiger partial charge in [-0.25, -0.2) is 13.2 Å². The Kier molecular flexibility index (Phi) is 5.99. The van der Waals surface area contributed by atoms with Gasteiger partial charge < -0.3 is 0 Å². The quantitative estimate of drug-likeness (QED) is 0.496. The standard InChI is InChI=1S/C25H31F3/c1-2-3-16-4-6-17(7-5-16)18-8-10-19(11-9-18)20-12-21-14-24(27)25(28)15-22(21)23(26)13-20/h12-19H,2-11H2,1H3. The van der Waals surface area contributed by atoms with E-state index in [0.717, 1.165) is 48.3 Å². The second-order valence-electron chi connectivity index (χ2n) is 9.17. The van der Waals surface area contributed by atoms with Gasteiger partial charge in [0.25, 0.3) is 0 Å². The molecule has 0 amide bonds. The molecular formula is C25H31F3. The zero-order valence-corrected chi connectivity index (χ0v) is 16.8. The van der Waals surface area contributed by atoms with Crippen molar-refractivity contribution in [2.75, 3.05) is 0 Å². The highest BCUT2D eigenvalue weighted by Gasteiger charge is 2.31. The Hall–Kier alpha value is -1.51. The normalized spacial score (nSPS) is 28.6. The largest absolute Gasteiger partial charge is 0.206 e. The summed E-state index contributed by atoms with van der Waals surface area (Å²) in [5, 5.41) is 0.630. The third kappa shape index (κ3) is 4.09. The summed E-state index contributed by atoms with van der Waals surface area (Å²) in [7, 11) is 0. The molecule has 2 aliphatic rings. The smallest absolute Gasteiger partial charge is 0.159 e. The van der Waals surface area contributed by atoms with Gasteiger partial charge >= 0.3 is 0 Å². The average Bonchev–Trinajstić information content (AvgIpc) is 2.70. The van der Waals surface area contributed by atoms with Gasteiger partial charge in [-0.3, -0.25) is 0 Å². The van der Waals surface area contributed by atoms with Crippen molar-refractivity contribution < 1.29 is 13.2 Å². The van der Waals surface area contributed by atoms with Gasteiger partial charge in [0.05, 0.1) is 0 Å². The maximum absolute atomic E-state index is 14.5. The second-order valence-corrected chi connectivity index (χ2v) is 9.17. The van der Waals surface area contributed by atoms with E-state index in [9.17, 15) is 13.2 Å². The van der Waals surface area contributed by atoms with Crippen LogP contribution in [0, 0.1) is 35.2 Å². The van der Waals surface area contributed by atoms with Crippen LogP contribution in [0.4, 0.5) is 13.2 Å². The van der Waals surface area contributed by atoms with Crippen LogP contribution in [0.5, 0.6) is 0 Å². The molecule has 28 heavy (non-hydrogen) atoms. The van der Waals surface area contributed by atoms with Gasteiger partial charge in [0.1, 0.15) is 5.82 Å². The topological polar surface area (TPSA) is 0 Å². The van der Waals surface area contributed by atoms with Crippen LogP contribution in [0.3, 0.4) is 0 Å². The predicted octanol–water partition coefficient (Wildman–Crippen LogP) is 8.14. The molecule has 0 unspecified atom stereocenters. The van der Waals surface area contributed by atoms with Gasteiger partial charge in [-0.1, -0.05) is 38.7 Å². The minimum Gasteiger partial charge on any atom is -0.206 e. The van der Waals surface area contributed by atoms with Crippen molar-refractivity contribution in [2.45, 2.75) is 77.0 Å². The Bertz CT molecular complexity index is 812. The summed E-state index contributed by atoms with van der Waals surface area (Å²) in [4.78, 5) is 0. The fourth-order valence-corrected chi connectivity index (χ4v) is 5.85. The Morgan fingerprint density at radius 3 is 1.96 bits per heavy atom. The third-order valence-electron chi connectivity index (χ3n) is 7.46. The second kappa shape index (κ2) is 8.47. The lowest BCUT2D eigenvalue weighted by atomic mass is 9.68. The lowest BCUT2D eigenvalue weighted by molar-refractivity contribution is 0.156. The number of hydrogen-bond acceptors (Lipinski definition) is 0. The van der Waals surface area contributed by atoms with Gasteiger partial charge in [-0.05, 0) is 91.3 Å². The van der Waals surface area contributed by atoms with E-state index in [4.69, 9.17) is 0 Å². The van der Waals surface area contributed by atoms with E-state index in [1.807, 2.05) is 6.07 Å². The van der Waals surface area contributed by atoms with Crippen LogP contribution < -0.4 is 0 Å². The van der Waals surface area contributed by atoms with Crippen LogP contribution in [-0.4, -0.2) is 0 Å². The van der Waals surface area contributed by atoms with E-state index in [1.165, 1.54) is 51.4 Å². The Labute approximate surface area is 166 Å². The summed E-state index contributed by atoms with van der Waals surface area (Å²) < 4.78 is 41.5. The number of rotatable bonds is 4. The van der Waals surface area contributed by atoms with E-state index in [-0.39, 0.29) is 5.39 Å². The molecule has 0 nitrogen and oxygen atoms in total. The SMILES string of the molecule is CCCC1CCC(C2CCC(c3cc(F)c4cc(F)c(F)cc4c3)CC2)CC1. The molecule has 152 valence electrons.